The molecule has 0 fully saturated rings. The summed E-state index contributed by atoms with van der Waals surface area (Å²) in [6.07, 6.45) is 3.36. The number of benzene rings is 1. The number of hydrogen-bond acceptors (Lipinski definition) is 4. The monoisotopic (exact) mass is 260 g/mol. The van der Waals surface area contributed by atoms with Crippen molar-refractivity contribution in [2.75, 3.05) is 18.2 Å². The molecule has 2 aromatic rings. The fourth-order valence-corrected chi connectivity index (χ4v) is 1.76. The van der Waals surface area contributed by atoms with Crippen LogP contribution in [0, 0.1) is 0 Å². The summed E-state index contributed by atoms with van der Waals surface area (Å²) in [6, 6.07) is 5.06. The zero-order valence-electron chi connectivity index (χ0n) is 10.9. The predicted octanol–water partition coefficient (Wildman–Crippen LogP) is 1.75. The van der Waals surface area contributed by atoms with E-state index in [0.717, 1.165) is 6.54 Å². The van der Waals surface area contributed by atoms with Crippen LogP contribution in [0.25, 0.3) is 0 Å². The third-order valence-electron chi connectivity index (χ3n) is 2.71. The number of anilines is 2. The number of nitrogens with two attached hydrogens (primary N) is 1. The number of aryl methyl sites for hydroxylation is 1. The first-order valence-electron chi connectivity index (χ1n) is 5.92. The van der Waals surface area contributed by atoms with Gasteiger partial charge in [0.05, 0.1) is 30.2 Å². The maximum atomic E-state index is 12.2. The smallest absolute Gasteiger partial charge is 0.259 e. The Hall–Kier alpha value is -2.50. The van der Waals surface area contributed by atoms with Gasteiger partial charge < -0.3 is 15.8 Å². The zero-order valence-corrected chi connectivity index (χ0v) is 10.9. The van der Waals surface area contributed by atoms with Gasteiger partial charge in [-0.2, -0.15) is 5.10 Å². The number of methoxy groups -OCH3 is 1. The number of carbonyl (C=O) groups is 1. The van der Waals surface area contributed by atoms with E-state index in [1.807, 2.05) is 6.92 Å². The fraction of sp³-hybridized carbons (Fsp3) is 0.231. The molecule has 0 radical (unpaired) electrons. The van der Waals surface area contributed by atoms with Crippen LogP contribution in [0.2, 0.25) is 0 Å². The molecule has 0 aliphatic rings. The van der Waals surface area contributed by atoms with Crippen molar-refractivity contribution in [1.29, 1.82) is 0 Å². The molecule has 1 aromatic heterocycles. The van der Waals surface area contributed by atoms with Crippen LogP contribution in [0.1, 0.15) is 17.3 Å². The number of rotatable bonds is 4. The SMILES string of the molecule is CCn1cc(NC(=O)c2cccc(N)c2OC)cn1. The van der Waals surface area contributed by atoms with Crippen LogP contribution in [-0.4, -0.2) is 22.8 Å². The fourth-order valence-electron chi connectivity index (χ4n) is 1.76. The normalized spacial score (nSPS) is 10.2. The highest BCUT2D eigenvalue weighted by Gasteiger charge is 2.15. The van der Waals surface area contributed by atoms with Gasteiger partial charge in [0, 0.05) is 12.7 Å². The standard InChI is InChI=1S/C13H16N4O2/c1-3-17-8-9(7-15-17)16-13(18)10-5-4-6-11(14)12(10)19-2/h4-8H,3,14H2,1-2H3,(H,16,18). The van der Waals surface area contributed by atoms with Crippen LogP contribution in [-0.2, 0) is 6.54 Å². The maximum Gasteiger partial charge on any atom is 0.259 e. The van der Waals surface area contributed by atoms with Gasteiger partial charge in [-0.15, -0.1) is 0 Å². The number of aromatic nitrogens is 2. The summed E-state index contributed by atoms with van der Waals surface area (Å²) in [6.45, 7) is 2.72. The van der Waals surface area contributed by atoms with Crippen LogP contribution in [0.3, 0.4) is 0 Å². The molecule has 0 spiro atoms. The van der Waals surface area contributed by atoms with E-state index in [4.69, 9.17) is 10.5 Å². The van der Waals surface area contributed by atoms with Gasteiger partial charge in [-0.05, 0) is 19.1 Å². The molecule has 1 aromatic carbocycles. The third kappa shape index (κ3) is 2.67. The first kappa shape index (κ1) is 12.9. The van der Waals surface area contributed by atoms with E-state index in [9.17, 15) is 4.79 Å². The predicted molar refractivity (Wildman–Crippen MR) is 73.3 cm³/mol. The average Bonchev–Trinajstić information content (AvgIpc) is 2.86. The van der Waals surface area contributed by atoms with E-state index in [0.29, 0.717) is 22.7 Å². The second kappa shape index (κ2) is 5.43. The Bertz CT molecular complexity index is 592. The van der Waals surface area contributed by atoms with E-state index in [-0.39, 0.29) is 5.91 Å². The third-order valence-corrected chi connectivity index (χ3v) is 2.71. The molecule has 6 heteroatoms. The van der Waals surface area contributed by atoms with Crippen molar-refractivity contribution in [3.63, 3.8) is 0 Å². The van der Waals surface area contributed by atoms with Crippen molar-refractivity contribution in [3.05, 3.63) is 36.2 Å². The van der Waals surface area contributed by atoms with Crippen LogP contribution < -0.4 is 15.8 Å². The summed E-state index contributed by atoms with van der Waals surface area (Å²) in [7, 11) is 1.48. The molecule has 1 heterocycles. The minimum Gasteiger partial charge on any atom is -0.494 e. The van der Waals surface area contributed by atoms with Gasteiger partial charge in [0.25, 0.3) is 5.91 Å². The van der Waals surface area contributed by atoms with E-state index in [1.54, 1.807) is 35.3 Å². The van der Waals surface area contributed by atoms with Crippen LogP contribution >= 0.6 is 0 Å². The van der Waals surface area contributed by atoms with Crippen molar-refractivity contribution in [3.8, 4) is 5.75 Å². The number of nitrogen functional groups attached to an aromatic ring is 1. The second-order valence-corrected chi connectivity index (χ2v) is 3.97. The zero-order chi connectivity index (χ0) is 13.8. The molecule has 0 aliphatic carbocycles. The molecule has 2 rings (SSSR count). The Morgan fingerprint density at radius 3 is 2.95 bits per heavy atom. The lowest BCUT2D eigenvalue weighted by Gasteiger charge is -2.10. The highest BCUT2D eigenvalue weighted by Crippen LogP contribution is 2.26. The van der Waals surface area contributed by atoms with Gasteiger partial charge in [0.2, 0.25) is 0 Å². The van der Waals surface area contributed by atoms with Crippen LogP contribution in [0.4, 0.5) is 11.4 Å². The second-order valence-electron chi connectivity index (χ2n) is 3.97. The molecule has 0 saturated heterocycles. The lowest BCUT2D eigenvalue weighted by molar-refractivity contribution is 0.102. The summed E-state index contributed by atoms with van der Waals surface area (Å²) >= 11 is 0. The number of para-hydroxylation sites is 1. The molecule has 0 saturated carbocycles. The Morgan fingerprint density at radius 2 is 2.32 bits per heavy atom. The maximum absolute atomic E-state index is 12.2. The van der Waals surface area contributed by atoms with Gasteiger partial charge in [-0.1, -0.05) is 6.07 Å². The number of nitrogens with zero attached hydrogens (tertiary/aromatic N) is 2. The van der Waals surface area contributed by atoms with Crippen molar-refractivity contribution in [2.45, 2.75) is 13.5 Å². The summed E-state index contributed by atoms with van der Waals surface area (Å²) in [5.74, 6) is 0.0997. The molecular formula is C13H16N4O2. The van der Waals surface area contributed by atoms with E-state index in [2.05, 4.69) is 10.4 Å². The lowest BCUT2D eigenvalue weighted by Crippen LogP contribution is -2.13. The number of nitrogens with one attached hydrogen (secondary N) is 1. The molecule has 0 atom stereocenters. The Labute approximate surface area is 111 Å². The van der Waals surface area contributed by atoms with Gasteiger partial charge in [0.15, 0.2) is 5.75 Å². The Morgan fingerprint density at radius 1 is 1.53 bits per heavy atom. The average molecular weight is 260 g/mol. The Balaban J connectivity index is 2.22. The largest absolute Gasteiger partial charge is 0.494 e. The molecule has 0 aliphatic heterocycles. The minimum atomic E-state index is -0.278. The van der Waals surface area contributed by atoms with Crippen molar-refractivity contribution >= 4 is 17.3 Å². The number of ether oxygens (including phenoxy) is 1. The molecule has 19 heavy (non-hydrogen) atoms. The van der Waals surface area contributed by atoms with Crippen molar-refractivity contribution in [1.82, 2.24) is 9.78 Å². The topological polar surface area (TPSA) is 82.2 Å². The molecule has 3 N–H and O–H groups in total. The number of carbonyl (C=O) groups excluding carboxylic acids is 1. The van der Waals surface area contributed by atoms with Crippen molar-refractivity contribution in [2.24, 2.45) is 0 Å². The number of hydrogen-bond donors (Lipinski definition) is 2. The van der Waals surface area contributed by atoms with Crippen LogP contribution in [0.15, 0.2) is 30.6 Å². The van der Waals surface area contributed by atoms with Gasteiger partial charge >= 0.3 is 0 Å². The van der Waals surface area contributed by atoms with E-state index >= 15 is 0 Å². The summed E-state index contributed by atoms with van der Waals surface area (Å²) in [4.78, 5) is 12.2. The van der Waals surface area contributed by atoms with E-state index in [1.165, 1.54) is 7.11 Å². The summed E-state index contributed by atoms with van der Waals surface area (Å²) < 4.78 is 6.88. The number of amides is 1. The first-order chi connectivity index (χ1) is 9.15. The quantitative estimate of drug-likeness (QED) is 0.820. The highest BCUT2D eigenvalue weighted by atomic mass is 16.5. The molecular weight excluding hydrogens is 244 g/mol. The van der Waals surface area contributed by atoms with Gasteiger partial charge in [-0.25, -0.2) is 0 Å². The highest BCUT2D eigenvalue weighted by molar-refractivity contribution is 6.07. The minimum absolute atomic E-state index is 0.278. The lowest BCUT2D eigenvalue weighted by atomic mass is 10.1. The summed E-state index contributed by atoms with van der Waals surface area (Å²) in [5.41, 5.74) is 7.23. The van der Waals surface area contributed by atoms with Crippen LogP contribution in [0.5, 0.6) is 5.75 Å². The molecule has 6 nitrogen and oxygen atoms in total. The summed E-state index contributed by atoms with van der Waals surface area (Å²) in [5, 5.41) is 6.84. The molecule has 100 valence electrons. The van der Waals surface area contributed by atoms with Crippen molar-refractivity contribution < 1.29 is 9.53 Å². The van der Waals surface area contributed by atoms with Gasteiger partial charge in [0.1, 0.15) is 0 Å². The van der Waals surface area contributed by atoms with Gasteiger partial charge in [-0.3, -0.25) is 9.48 Å². The molecule has 0 unspecified atom stereocenters. The molecule has 1 amide bonds. The Kier molecular flexibility index (Phi) is 3.70. The van der Waals surface area contributed by atoms with E-state index < -0.39 is 0 Å². The molecule has 0 bridgehead atoms. The first-order valence-corrected chi connectivity index (χ1v) is 5.92.